The van der Waals surface area contributed by atoms with Gasteiger partial charge in [-0.15, -0.1) is 0 Å². The molecule has 5 heteroatoms. The number of benzene rings is 2. The molecule has 0 aliphatic heterocycles. The molecule has 0 aliphatic carbocycles. The maximum absolute atomic E-state index is 12.3. The minimum Gasteiger partial charge on any atom is -0.451 e. The molecule has 27 heavy (non-hydrogen) atoms. The van der Waals surface area contributed by atoms with E-state index in [0.717, 1.165) is 16.5 Å². The van der Waals surface area contributed by atoms with E-state index in [9.17, 15) is 9.59 Å². The van der Waals surface area contributed by atoms with E-state index in [2.05, 4.69) is 24.7 Å². The first-order valence-electron chi connectivity index (χ1n) is 8.82. The predicted molar refractivity (Wildman–Crippen MR) is 106 cm³/mol. The minimum atomic E-state index is -0.494. The van der Waals surface area contributed by atoms with Crippen LogP contribution in [-0.2, 0) is 4.79 Å². The topological polar surface area (TPSA) is 71.3 Å². The number of amides is 2. The van der Waals surface area contributed by atoms with Gasteiger partial charge >= 0.3 is 5.91 Å². The van der Waals surface area contributed by atoms with E-state index in [-0.39, 0.29) is 5.76 Å². The largest absolute Gasteiger partial charge is 0.451 e. The molecule has 0 saturated heterocycles. The monoisotopic (exact) mass is 362 g/mol. The van der Waals surface area contributed by atoms with Crippen LogP contribution in [0.1, 0.15) is 47.0 Å². The van der Waals surface area contributed by atoms with Gasteiger partial charge in [-0.25, -0.2) is 0 Å². The number of hydrazine groups is 1. The number of carbonyl (C=O) groups excluding carboxylic acids is 2. The van der Waals surface area contributed by atoms with Crippen LogP contribution in [0, 0.1) is 6.92 Å². The number of aryl methyl sites for hydroxylation is 1. The zero-order chi connectivity index (χ0) is 19.4. The maximum Gasteiger partial charge on any atom is 0.305 e. The third kappa shape index (κ3) is 4.26. The summed E-state index contributed by atoms with van der Waals surface area (Å²) in [6, 6.07) is 15.4. The molecule has 0 fully saturated rings. The van der Waals surface area contributed by atoms with Gasteiger partial charge in [0.15, 0.2) is 5.76 Å². The van der Waals surface area contributed by atoms with E-state index in [1.807, 2.05) is 49.4 Å². The van der Waals surface area contributed by atoms with E-state index in [4.69, 9.17) is 4.42 Å². The lowest BCUT2D eigenvalue weighted by Gasteiger charge is -2.05. The number of furan rings is 1. The fourth-order valence-electron chi connectivity index (χ4n) is 2.77. The van der Waals surface area contributed by atoms with Crippen LogP contribution in [0.25, 0.3) is 17.0 Å². The van der Waals surface area contributed by atoms with Crippen LogP contribution in [0.15, 0.2) is 59.0 Å². The molecule has 1 heterocycles. The Morgan fingerprint density at radius 1 is 1.00 bits per heavy atom. The van der Waals surface area contributed by atoms with Crippen molar-refractivity contribution in [3.05, 3.63) is 77.1 Å². The summed E-state index contributed by atoms with van der Waals surface area (Å²) in [6.07, 6.45) is 3.06. The number of hydrogen-bond acceptors (Lipinski definition) is 3. The third-order valence-corrected chi connectivity index (χ3v) is 4.38. The molecule has 0 unspecified atom stereocenters. The molecule has 0 spiro atoms. The second-order valence-corrected chi connectivity index (χ2v) is 6.65. The highest BCUT2D eigenvalue weighted by Gasteiger charge is 2.17. The van der Waals surface area contributed by atoms with Crippen molar-refractivity contribution >= 4 is 28.9 Å². The first-order valence-corrected chi connectivity index (χ1v) is 8.82. The van der Waals surface area contributed by atoms with E-state index >= 15 is 0 Å². The van der Waals surface area contributed by atoms with Crippen LogP contribution >= 0.6 is 0 Å². The van der Waals surface area contributed by atoms with Gasteiger partial charge in [0.1, 0.15) is 5.58 Å². The molecule has 2 amide bonds. The number of rotatable bonds is 4. The van der Waals surface area contributed by atoms with Crippen molar-refractivity contribution in [2.24, 2.45) is 0 Å². The molecule has 0 atom stereocenters. The lowest BCUT2D eigenvalue weighted by atomic mass is 10.0. The molecule has 0 saturated carbocycles. The minimum absolute atomic E-state index is 0.185. The fraction of sp³-hybridized carbons (Fsp3) is 0.182. The second kappa shape index (κ2) is 7.91. The van der Waals surface area contributed by atoms with Gasteiger partial charge in [0.05, 0.1) is 0 Å². The number of para-hydroxylation sites is 1. The molecule has 0 radical (unpaired) electrons. The number of hydrogen-bond donors (Lipinski definition) is 2. The summed E-state index contributed by atoms with van der Waals surface area (Å²) in [5.41, 5.74) is 8.27. The molecule has 3 aromatic rings. The van der Waals surface area contributed by atoms with Gasteiger partial charge in [0.25, 0.3) is 5.91 Å². The molecule has 2 N–H and O–H groups in total. The summed E-state index contributed by atoms with van der Waals surface area (Å²) >= 11 is 0. The molecule has 5 nitrogen and oxygen atoms in total. The van der Waals surface area contributed by atoms with Crippen molar-refractivity contribution in [2.75, 3.05) is 0 Å². The van der Waals surface area contributed by atoms with Gasteiger partial charge in [-0.1, -0.05) is 56.3 Å². The zero-order valence-corrected chi connectivity index (χ0v) is 15.6. The molecular weight excluding hydrogens is 340 g/mol. The van der Waals surface area contributed by atoms with Crippen molar-refractivity contribution in [3.8, 4) is 0 Å². The highest BCUT2D eigenvalue weighted by atomic mass is 16.3. The molecule has 0 bridgehead atoms. The Balaban J connectivity index is 1.59. The SMILES string of the molecule is Cc1c(C(=O)NNC(=O)/C=C/c2ccc(C(C)C)cc2)oc2ccccc12. The van der Waals surface area contributed by atoms with Gasteiger partial charge in [-0.3, -0.25) is 20.4 Å². The Bertz CT molecular complexity index is 998. The molecule has 138 valence electrons. The second-order valence-electron chi connectivity index (χ2n) is 6.65. The molecular formula is C22H22N2O3. The van der Waals surface area contributed by atoms with E-state index < -0.39 is 11.8 Å². The maximum atomic E-state index is 12.3. The standard InChI is InChI=1S/C22H22N2O3/c1-14(2)17-11-8-16(9-12-17)10-13-20(25)23-24-22(26)21-15(3)18-6-4-5-7-19(18)27-21/h4-14H,1-3H3,(H,23,25)(H,24,26)/b13-10+. The highest BCUT2D eigenvalue weighted by molar-refractivity contribution is 6.00. The molecule has 1 aromatic heterocycles. The summed E-state index contributed by atoms with van der Waals surface area (Å²) in [5, 5.41) is 0.874. The van der Waals surface area contributed by atoms with Crippen LogP contribution in [0.2, 0.25) is 0 Å². The van der Waals surface area contributed by atoms with Crippen molar-refractivity contribution in [1.82, 2.24) is 10.9 Å². The average molecular weight is 362 g/mol. The van der Waals surface area contributed by atoms with Gasteiger partial charge in [-0.2, -0.15) is 0 Å². The van der Waals surface area contributed by atoms with E-state index in [1.54, 1.807) is 12.1 Å². The van der Waals surface area contributed by atoms with E-state index in [1.165, 1.54) is 11.6 Å². The number of nitrogens with one attached hydrogen (secondary N) is 2. The van der Waals surface area contributed by atoms with Crippen LogP contribution in [-0.4, -0.2) is 11.8 Å². The predicted octanol–water partition coefficient (Wildman–Crippen LogP) is 4.34. The summed E-state index contributed by atoms with van der Waals surface area (Å²) in [4.78, 5) is 24.2. The Labute approximate surface area is 158 Å². The van der Waals surface area contributed by atoms with Crippen molar-refractivity contribution in [2.45, 2.75) is 26.7 Å². The molecule has 2 aromatic carbocycles. The lowest BCUT2D eigenvalue weighted by Crippen LogP contribution is -2.40. The summed E-state index contributed by atoms with van der Waals surface area (Å²) in [5.74, 6) is -0.273. The van der Waals surface area contributed by atoms with Gasteiger partial charge in [-0.05, 0) is 36.1 Å². The van der Waals surface area contributed by atoms with Gasteiger partial charge in [0, 0.05) is 17.0 Å². The highest BCUT2D eigenvalue weighted by Crippen LogP contribution is 2.24. The third-order valence-electron chi connectivity index (χ3n) is 4.38. The Morgan fingerprint density at radius 2 is 1.70 bits per heavy atom. The van der Waals surface area contributed by atoms with Gasteiger partial charge < -0.3 is 4.42 Å². The molecule has 3 rings (SSSR count). The van der Waals surface area contributed by atoms with Gasteiger partial charge in [0.2, 0.25) is 0 Å². The normalized spacial score (nSPS) is 11.3. The summed E-state index contributed by atoms with van der Waals surface area (Å²) in [7, 11) is 0. The van der Waals surface area contributed by atoms with Crippen LogP contribution in [0.5, 0.6) is 0 Å². The van der Waals surface area contributed by atoms with Crippen molar-refractivity contribution < 1.29 is 14.0 Å². The van der Waals surface area contributed by atoms with E-state index in [0.29, 0.717) is 11.5 Å². The lowest BCUT2D eigenvalue weighted by molar-refractivity contribution is -0.117. The zero-order valence-electron chi connectivity index (χ0n) is 15.6. The quantitative estimate of drug-likeness (QED) is 0.536. The Morgan fingerprint density at radius 3 is 2.37 bits per heavy atom. The van der Waals surface area contributed by atoms with Crippen LogP contribution in [0.3, 0.4) is 0 Å². The van der Waals surface area contributed by atoms with Crippen LogP contribution in [0.4, 0.5) is 0 Å². The Hall–Kier alpha value is -3.34. The molecule has 0 aliphatic rings. The van der Waals surface area contributed by atoms with Crippen molar-refractivity contribution in [1.29, 1.82) is 0 Å². The first kappa shape index (κ1) is 18.5. The first-order chi connectivity index (χ1) is 13.0. The fourth-order valence-corrected chi connectivity index (χ4v) is 2.77. The number of fused-ring (bicyclic) bond motifs is 1. The average Bonchev–Trinajstić information content (AvgIpc) is 3.02. The smallest absolute Gasteiger partial charge is 0.305 e. The van der Waals surface area contributed by atoms with Crippen molar-refractivity contribution in [3.63, 3.8) is 0 Å². The summed E-state index contributed by atoms with van der Waals surface area (Å²) < 4.78 is 5.57. The van der Waals surface area contributed by atoms with Crippen LogP contribution < -0.4 is 10.9 Å². The number of carbonyl (C=O) groups is 2. The Kier molecular flexibility index (Phi) is 5.41. The summed E-state index contributed by atoms with van der Waals surface area (Å²) in [6.45, 7) is 6.07.